The summed E-state index contributed by atoms with van der Waals surface area (Å²) >= 11 is 0. The first-order valence-corrected chi connectivity index (χ1v) is 5.67. The predicted molar refractivity (Wildman–Crippen MR) is 72.7 cm³/mol. The minimum absolute atomic E-state index is 0.931. The van der Waals surface area contributed by atoms with Gasteiger partial charge in [-0.2, -0.15) is 0 Å². The van der Waals surface area contributed by atoms with Gasteiger partial charge in [0.1, 0.15) is 5.75 Å². The van der Waals surface area contributed by atoms with Crippen LogP contribution in [0.25, 0.3) is 11.1 Å². The minimum atomic E-state index is 0.931. The summed E-state index contributed by atoms with van der Waals surface area (Å²) < 4.78 is 5.26. The van der Waals surface area contributed by atoms with E-state index in [0.29, 0.717) is 0 Å². The largest absolute Gasteiger partial charge is 0.496 e. The van der Waals surface area contributed by atoms with Crippen LogP contribution in [-0.4, -0.2) is 14.2 Å². The van der Waals surface area contributed by atoms with Crippen molar-refractivity contribution in [1.29, 1.82) is 0 Å². The van der Waals surface area contributed by atoms with E-state index in [2.05, 4.69) is 48.6 Å². The lowest BCUT2D eigenvalue weighted by Gasteiger charge is -2.08. The van der Waals surface area contributed by atoms with Crippen LogP contribution in [0.1, 0.15) is 5.56 Å². The standard InChI is InChI=1S/C15H17NO/c1-11-10-13(6-9-15(11)17-3)12-4-7-14(16-2)8-5-12/h4-10,16H,1-3H3. The number of hydrogen-bond acceptors (Lipinski definition) is 2. The normalized spacial score (nSPS) is 10.1. The molecule has 0 radical (unpaired) electrons. The van der Waals surface area contributed by atoms with Gasteiger partial charge in [0.15, 0.2) is 0 Å². The van der Waals surface area contributed by atoms with E-state index < -0.39 is 0 Å². The van der Waals surface area contributed by atoms with Crippen LogP contribution in [-0.2, 0) is 0 Å². The molecule has 0 aliphatic rings. The lowest BCUT2D eigenvalue weighted by molar-refractivity contribution is 0.412. The smallest absolute Gasteiger partial charge is 0.121 e. The number of anilines is 1. The second-order valence-corrected chi connectivity index (χ2v) is 4.01. The Morgan fingerprint density at radius 3 is 2.12 bits per heavy atom. The molecule has 0 fully saturated rings. The van der Waals surface area contributed by atoms with Crippen LogP contribution in [0, 0.1) is 6.92 Å². The fourth-order valence-corrected chi connectivity index (χ4v) is 1.89. The Balaban J connectivity index is 2.35. The maximum absolute atomic E-state index is 5.26. The number of hydrogen-bond donors (Lipinski definition) is 1. The van der Waals surface area contributed by atoms with Crippen LogP contribution in [0.2, 0.25) is 0 Å². The zero-order chi connectivity index (χ0) is 12.3. The quantitative estimate of drug-likeness (QED) is 0.863. The molecule has 0 aromatic heterocycles. The summed E-state index contributed by atoms with van der Waals surface area (Å²) in [5.74, 6) is 0.931. The third-order valence-electron chi connectivity index (χ3n) is 2.90. The Morgan fingerprint density at radius 1 is 0.941 bits per heavy atom. The van der Waals surface area contributed by atoms with E-state index in [9.17, 15) is 0 Å². The zero-order valence-electron chi connectivity index (χ0n) is 10.4. The SMILES string of the molecule is CNc1ccc(-c2ccc(OC)c(C)c2)cc1. The molecule has 2 rings (SSSR count). The monoisotopic (exact) mass is 227 g/mol. The van der Waals surface area contributed by atoms with Crippen molar-refractivity contribution in [3.05, 3.63) is 48.0 Å². The maximum atomic E-state index is 5.26. The van der Waals surface area contributed by atoms with E-state index in [-0.39, 0.29) is 0 Å². The molecule has 0 atom stereocenters. The van der Waals surface area contributed by atoms with Gasteiger partial charge in [-0.3, -0.25) is 0 Å². The van der Waals surface area contributed by atoms with Crippen LogP contribution in [0.5, 0.6) is 5.75 Å². The summed E-state index contributed by atoms with van der Waals surface area (Å²) in [6.45, 7) is 2.06. The first-order chi connectivity index (χ1) is 8.24. The van der Waals surface area contributed by atoms with Crippen molar-refractivity contribution in [3.63, 3.8) is 0 Å². The molecule has 1 N–H and O–H groups in total. The van der Waals surface area contributed by atoms with Crippen molar-refractivity contribution >= 4 is 5.69 Å². The van der Waals surface area contributed by atoms with Gasteiger partial charge in [0, 0.05) is 12.7 Å². The van der Waals surface area contributed by atoms with Crippen LogP contribution in [0.3, 0.4) is 0 Å². The molecule has 0 unspecified atom stereocenters. The number of aryl methyl sites for hydroxylation is 1. The minimum Gasteiger partial charge on any atom is -0.496 e. The lowest BCUT2D eigenvalue weighted by atomic mass is 10.0. The van der Waals surface area contributed by atoms with Gasteiger partial charge in [0.25, 0.3) is 0 Å². The summed E-state index contributed by atoms with van der Waals surface area (Å²) in [4.78, 5) is 0. The summed E-state index contributed by atoms with van der Waals surface area (Å²) in [5.41, 5.74) is 4.71. The second kappa shape index (κ2) is 4.91. The van der Waals surface area contributed by atoms with Crippen molar-refractivity contribution < 1.29 is 4.74 Å². The summed E-state index contributed by atoms with van der Waals surface area (Å²) in [5, 5.41) is 3.12. The van der Waals surface area contributed by atoms with Crippen LogP contribution in [0.4, 0.5) is 5.69 Å². The molecule has 0 saturated heterocycles. The fraction of sp³-hybridized carbons (Fsp3) is 0.200. The van der Waals surface area contributed by atoms with E-state index in [1.54, 1.807) is 7.11 Å². The molecular formula is C15H17NO. The van der Waals surface area contributed by atoms with Crippen molar-refractivity contribution in [2.24, 2.45) is 0 Å². The lowest BCUT2D eigenvalue weighted by Crippen LogP contribution is -1.89. The molecule has 0 bridgehead atoms. The third kappa shape index (κ3) is 2.41. The number of benzene rings is 2. The van der Waals surface area contributed by atoms with Crippen molar-refractivity contribution in [2.45, 2.75) is 6.92 Å². The van der Waals surface area contributed by atoms with E-state index in [1.165, 1.54) is 11.1 Å². The highest BCUT2D eigenvalue weighted by Gasteiger charge is 2.02. The molecule has 2 heteroatoms. The second-order valence-electron chi connectivity index (χ2n) is 4.01. The van der Waals surface area contributed by atoms with Crippen LogP contribution in [0.15, 0.2) is 42.5 Å². The molecule has 0 aliphatic heterocycles. The van der Waals surface area contributed by atoms with Gasteiger partial charge in [0.05, 0.1) is 7.11 Å². The van der Waals surface area contributed by atoms with Crippen molar-refractivity contribution in [2.75, 3.05) is 19.5 Å². The van der Waals surface area contributed by atoms with E-state index in [1.807, 2.05) is 13.1 Å². The van der Waals surface area contributed by atoms with E-state index >= 15 is 0 Å². The molecule has 0 saturated carbocycles. The molecule has 88 valence electrons. The number of rotatable bonds is 3. The highest BCUT2D eigenvalue weighted by Crippen LogP contribution is 2.26. The molecule has 2 aromatic carbocycles. The van der Waals surface area contributed by atoms with Crippen molar-refractivity contribution in [1.82, 2.24) is 0 Å². The molecule has 0 heterocycles. The van der Waals surface area contributed by atoms with Crippen LogP contribution < -0.4 is 10.1 Å². The zero-order valence-corrected chi connectivity index (χ0v) is 10.4. The maximum Gasteiger partial charge on any atom is 0.121 e. The van der Waals surface area contributed by atoms with Gasteiger partial charge in [-0.05, 0) is 47.9 Å². The van der Waals surface area contributed by atoms with Crippen LogP contribution >= 0.6 is 0 Å². The summed E-state index contributed by atoms with van der Waals surface area (Å²) in [6.07, 6.45) is 0. The number of methoxy groups -OCH3 is 1. The molecule has 2 nitrogen and oxygen atoms in total. The van der Waals surface area contributed by atoms with E-state index in [4.69, 9.17) is 4.74 Å². The highest BCUT2D eigenvalue weighted by atomic mass is 16.5. The first kappa shape index (κ1) is 11.5. The Labute approximate surface area is 102 Å². The van der Waals surface area contributed by atoms with Gasteiger partial charge in [-0.1, -0.05) is 18.2 Å². The van der Waals surface area contributed by atoms with Gasteiger partial charge in [-0.25, -0.2) is 0 Å². The van der Waals surface area contributed by atoms with Gasteiger partial charge < -0.3 is 10.1 Å². The first-order valence-electron chi connectivity index (χ1n) is 5.67. The third-order valence-corrected chi connectivity index (χ3v) is 2.90. The molecule has 0 aliphatic carbocycles. The van der Waals surface area contributed by atoms with Gasteiger partial charge >= 0.3 is 0 Å². The Morgan fingerprint density at radius 2 is 1.59 bits per heavy atom. The Kier molecular flexibility index (Phi) is 3.33. The average molecular weight is 227 g/mol. The topological polar surface area (TPSA) is 21.3 Å². The Hall–Kier alpha value is -1.96. The molecule has 2 aromatic rings. The molecular weight excluding hydrogens is 210 g/mol. The Bertz CT molecular complexity index is 503. The highest BCUT2D eigenvalue weighted by molar-refractivity contribution is 5.67. The molecule has 0 amide bonds. The number of nitrogens with one attached hydrogen (secondary N) is 1. The predicted octanol–water partition coefficient (Wildman–Crippen LogP) is 3.71. The summed E-state index contributed by atoms with van der Waals surface area (Å²) in [6, 6.07) is 14.6. The van der Waals surface area contributed by atoms with Gasteiger partial charge in [-0.15, -0.1) is 0 Å². The molecule has 0 spiro atoms. The summed E-state index contributed by atoms with van der Waals surface area (Å²) in [7, 11) is 3.62. The molecule has 17 heavy (non-hydrogen) atoms. The average Bonchev–Trinajstić information content (AvgIpc) is 2.39. The fourth-order valence-electron chi connectivity index (χ4n) is 1.89. The van der Waals surface area contributed by atoms with Gasteiger partial charge in [0.2, 0.25) is 0 Å². The van der Waals surface area contributed by atoms with E-state index in [0.717, 1.165) is 17.0 Å². The number of ether oxygens (including phenoxy) is 1. The van der Waals surface area contributed by atoms with Crippen molar-refractivity contribution in [3.8, 4) is 16.9 Å².